The fourth-order valence-electron chi connectivity index (χ4n) is 3.16. The Bertz CT molecular complexity index is 575. The summed E-state index contributed by atoms with van der Waals surface area (Å²) in [4.78, 5) is 1.69. The average molecular weight is 326 g/mol. The standard InChI is InChI=1S/C21H27NO2/c1-2-7-15-22(14-6-1)16-17-23-20-10-12-21(13-11-20)24-18-19-8-4-3-5-9-19/h3-5,8-13H,1-2,6-7,14-18H2/p+1. The summed E-state index contributed by atoms with van der Waals surface area (Å²) in [5.74, 6) is 1.81. The van der Waals surface area contributed by atoms with Gasteiger partial charge in [0.05, 0.1) is 13.1 Å². The van der Waals surface area contributed by atoms with Gasteiger partial charge in [-0.1, -0.05) is 30.3 Å². The molecule has 1 heterocycles. The number of quaternary nitrogens is 1. The Morgan fingerprint density at radius 2 is 1.33 bits per heavy atom. The molecular weight excluding hydrogens is 298 g/mol. The molecule has 0 amide bonds. The van der Waals surface area contributed by atoms with Gasteiger partial charge in [0, 0.05) is 0 Å². The molecule has 1 aliphatic heterocycles. The van der Waals surface area contributed by atoms with Gasteiger partial charge in [-0.25, -0.2) is 0 Å². The zero-order chi connectivity index (χ0) is 16.5. The first-order valence-electron chi connectivity index (χ1n) is 9.13. The zero-order valence-corrected chi connectivity index (χ0v) is 14.4. The summed E-state index contributed by atoms with van der Waals surface area (Å²) in [7, 11) is 0. The van der Waals surface area contributed by atoms with Crippen molar-refractivity contribution in [2.45, 2.75) is 32.3 Å². The molecule has 0 bridgehead atoms. The second-order valence-electron chi connectivity index (χ2n) is 6.51. The van der Waals surface area contributed by atoms with E-state index in [0.29, 0.717) is 6.61 Å². The molecule has 0 radical (unpaired) electrons. The SMILES string of the molecule is c1ccc(COc2ccc(OCC[NH+]3CCCCCC3)cc2)cc1. The third kappa shape index (κ3) is 5.57. The van der Waals surface area contributed by atoms with Gasteiger partial charge in [0.1, 0.15) is 31.3 Å². The number of rotatable bonds is 7. The molecule has 24 heavy (non-hydrogen) atoms. The topological polar surface area (TPSA) is 22.9 Å². The molecule has 0 atom stereocenters. The lowest BCUT2D eigenvalue weighted by Gasteiger charge is -2.17. The van der Waals surface area contributed by atoms with Gasteiger partial charge in [0.15, 0.2) is 0 Å². The van der Waals surface area contributed by atoms with E-state index >= 15 is 0 Å². The monoisotopic (exact) mass is 326 g/mol. The van der Waals surface area contributed by atoms with Gasteiger partial charge >= 0.3 is 0 Å². The van der Waals surface area contributed by atoms with Gasteiger partial charge in [-0.3, -0.25) is 0 Å². The molecule has 3 nitrogen and oxygen atoms in total. The lowest BCUT2D eigenvalue weighted by Crippen LogP contribution is -3.12. The third-order valence-electron chi connectivity index (χ3n) is 4.61. The van der Waals surface area contributed by atoms with Crippen molar-refractivity contribution in [3.63, 3.8) is 0 Å². The number of hydrogen-bond acceptors (Lipinski definition) is 2. The normalized spacial score (nSPS) is 15.7. The van der Waals surface area contributed by atoms with E-state index in [-0.39, 0.29) is 0 Å². The highest BCUT2D eigenvalue weighted by molar-refractivity contribution is 5.31. The lowest BCUT2D eigenvalue weighted by molar-refractivity contribution is -0.899. The van der Waals surface area contributed by atoms with Crippen LogP contribution in [0, 0.1) is 0 Å². The Balaban J connectivity index is 1.39. The van der Waals surface area contributed by atoms with Crippen molar-refractivity contribution >= 4 is 0 Å². The third-order valence-corrected chi connectivity index (χ3v) is 4.61. The maximum atomic E-state index is 5.89. The zero-order valence-electron chi connectivity index (χ0n) is 14.4. The molecule has 0 aliphatic carbocycles. The van der Waals surface area contributed by atoms with Gasteiger partial charge in [0.25, 0.3) is 0 Å². The summed E-state index contributed by atoms with van der Waals surface area (Å²) >= 11 is 0. The van der Waals surface area contributed by atoms with E-state index in [9.17, 15) is 0 Å². The van der Waals surface area contributed by atoms with Gasteiger partial charge in [-0.05, 0) is 55.5 Å². The Labute approximate surface area is 145 Å². The van der Waals surface area contributed by atoms with Crippen molar-refractivity contribution in [3.8, 4) is 11.5 Å². The molecule has 1 aliphatic rings. The highest BCUT2D eigenvalue weighted by Crippen LogP contribution is 2.18. The first-order chi connectivity index (χ1) is 11.9. The van der Waals surface area contributed by atoms with Gasteiger partial charge in [-0.15, -0.1) is 0 Å². The average Bonchev–Trinajstić information content (AvgIpc) is 2.91. The molecule has 3 rings (SSSR count). The molecule has 0 aromatic heterocycles. The van der Waals surface area contributed by atoms with E-state index in [1.807, 2.05) is 42.5 Å². The fourth-order valence-corrected chi connectivity index (χ4v) is 3.16. The van der Waals surface area contributed by atoms with Crippen molar-refractivity contribution in [2.24, 2.45) is 0 Å². The van der Waals surface area contributed by atoms with E-state index in [0.717, 1.165) is 24.7 Å². The smallest absolute Gasteiger partial charge is 0.137 e. The van der Waals surface area contributed by atoms with E-state index in [2.05, 4.69) is 12.1 Å². The lowest BCUT2D eigenvalue weighted by atomic mass is 10.2. The van der Waals surface area contributed by atoms with Crippen molar-refractivity contribution in [3.05, 3.63) is 60.2 Å². The summed E-state index contributed by atoms with van der Waals surface area (Å²) in [5.41, 5.74) is 1.18. The van der Waals surface area contributed by atoms with Crippen LogP contribution in [-0.4, -0.2) is 26.2 Å². The minimum Gasteiger partial charge on any atom is -0.489 e. The molecule has 0 unspecified atom stereocenters. The maximum Gasteiger partial charge on any atom is 0.137 e. The van der Waals surface area contributed by atoms with Crippen LogP contribution in [0.3, 0.4) is 0 Å². The van der Waals surface area contributed by atoms with Crippen molar-refractivity contribution in [2.75, 3.05) is 26.2 Å². The van der Waals surface area contributed by atoms with E-state index in [1.54, 1.807) is 4.90 Å². The first-order valence-corrected chi connectivity index (χ1v) is 9.13. The summed E-state index contributed by atoms with van der Waals surface area (Å²) in [6.07, 6.45) is 5.52. The number of benzene rings is 2. The van der Waals surface area contributed by atoms with Crippen LogP contribution >= 0.6 is 0 Å². The largest absolute Gasteiger partial charge is 0.489 e. The summed E-state index contributed by atoms with van der Waals surface area (Å²) in [6.45, 7) is 5.09. The molecule has 1 N–H and O–H groups in total. The van der Waals surface area contributed by atoms with Crippen LogP contribution in [-0.2, 0) is 6.61 Å². The van der Waals surface area contributed by atoms with E-state index in [4.69, 9.17) is 9.47 Å². The molecular formula is C21H28NO2+. The number of ether oxygens (including phenoxy) is 2. The van der Waals surface area contributed by atoms with Crippen LogP contribution in [0.5, 0.6) is 11.5 Å². The molecule has 128 valence electrons. The molecule has 0 spiro atoms. The molecule has 1 fully saturated rings. The van der Waals surface area contributed by atoms with Crippen LogP contribution in [0.15, 0.2) is 54.6 Å². The van der Waals surface area contributed by atoms with Crippen LogP contribution < -0.4 is 14.4 Å². The van der Waals surface area contributed by atoms with Crippen molar-refractivity contribution < 1.29 is 14.4 Å². The number of nitrogens with one attached hydrogen (secondary N) is 1. The van der Waals surface area contributed by atoms with E-state index < -0.39 is 0 Å². The van der Waals surface area contributed by atoms with Crippen molar-refractivity contribution in [1.29, 1.82) is 0 Å². The number of likely N-dealkylation sites (tertiary alicyclic amines) is 1. The summed E-state index contributed by atoms with van der Waals surface area (Å²) in [5, 5.41) is 0. The second-order valence-corrected chi connectivity index (χ2v) is 6.51. The molecule has 0 saturated carbocycles. The maximum absolute atomic E-state index is 5.89. The van der Waals surface area contributed by atoms with E-state index in [1.165, 1.54) is 44.3 Å². The van der Waals surface area contributed by atoms with Crippen LogP contribution in [0.25, 0.3) is 0 Å². The van der Waals surface area contributed by atoms with Crippen LogP contribution in [0.2, 0.25) is 0 Å². The highest BCUT2D eigenvalue weighted by Gasteiger charge is 2.11. The second kappa shape index (κ2) is 9.33. The Hall–Kier alpha value is -2.00. The highest BCUT2D eigenvalue weighted by atomic mass is 16.5. The van der Waals surface area contributed by atoms with Gasteiger partial charge in [-0.2, -0.15) is 0 Å². The summed E-state index contributed by atoms with van der Waals surface area (Å²) in [6, 6.07) is 18.2. The van der Waals surface area contributed by atoms with Crippen LogP contribution in [0.4, 0.5) is 0 Å². The Morgan fingerprint density at radius 1 is 0.708 bits per heavy atom. The molecule has 1 saturated heterocycles. The fraction of sp³-hybridized carbons (Fsp3) is 0.429. The van der Waals surface area contributed by atoms with Gasteiger partial charge in [0.2, 0.25) is 0 Å². The summed E-state index contributed by atoms with van der Waals surface area (Å²) < 4.78 is 11.7. The minimum atomic E-state index is 0.597. The first kappa shape index (κ1) is 16.8. The minimum absolute atomic E-state index is 0.597. The Morgan fingerprint density at radius 3 is 2.00 bits per heavy atom. The van der Waals surface area contributed by atoms with Crippen molar-refractivity contribution in [1.82, 2.24) is 0 Å². The molecule has 3 heteroatoms. The number of hydrogen-bond donors (Lipinski definition) is 1. The quantitative estimate of drug-likeness (QED) is 0.845. The Kier molecular flexibility index (Phi) is 6.55. The predicted molar refractivity (Wildman–Crippen MR) is 96.7 cm³/mol. The molecule has 2 aromatic rings. The molecule has 2 aromatic carbocycles. The predicted octanol–water partition coefficient (Wildman–Crippen LogP) is 3.10. The van der Waals surface area contributed by atoms with Crippen LogP contribution in [0.1, 0.15) is 31.2 Å². The van der Waals surface area contributed by atoms with Gasteiger partial charge < -0.3 is 14.4 Å².